The average Bonchev–Trinajstić information content (AvgIpc) is 2.94. The minimum Gasteiger partial charge on any atom is -0.478 e. The molecule has 0 saturated heterocycles. The summed E-state index contributed by atoms with van der Waals surface area (Å²) in [6.45, 7) is 1.33. The Bertz CT molecular complexity index is 905. The molecule has 0 aliphatic carbocycles. The first kappa shape index (κ1) is 19.6. The molecular weight excluding hydrogens is 367 g/mol. The minimum absolute atomic E-state index is 0.0151. The molecule has 1 heterocycles. The number of furan rings is 1. The van der Waals surface area contributed by atoms with Crippen LogP contribution in [0.5, 0.6) is 0 Å². The van der Waals surface area contributed by atoms with Crippen LogP contribution in [0.15, 0.2) is 39.6 Å². The third-order valence-electron chi connectivity index (χ3n) is 3.43. The predicted molar refractivity (Wildman–Crippen MR) is 88.5 cm³/mol. The highest BCUT2D eigenvalue weighted by molar-refractivity contribution is 7.89. The van der Waals surface area contributed by atoms with E-state index >= 15 is 0 Å². The lowest BCUT2D eigenvalue weighted by atomic mass is 10.2. The number of halogens is 1. The Kier molecular flexibility index (Phi) is 6.11. The molecule has 0 aliphatic heterocycles. The second kappa shape index (κ2) is 8.11. The Morgan fingerprint density at radius 1 is 1.23 bits per heavy atom. The van der Waals surface area contributed by atoms with Crippen molar-refractivity contribution < 1.29 is 31.9 Å². The molecule has 1 aromatic carbocycles. The van der Waals surface area contributed by atoms with Crippen LogP contribution in [-0.2, 0) is 21.4 Å². The van der Waals surface area contributed by atoms with E-state index in [1.807, 2.05) is 0 Å². The normalized spacial score (nSPS) is 11.3. The molecule has 1 amide bonds. The summed E-state index contributed by atoms with van der Waals surface area (Å²) in [5.74, 6) is -1.62. The number of aromatic carboxylic acids is 1. The molecule has 1 aromatic heterocycles. The maximum absolute atomic E-state index is 12.8. The van der Waals surface area contributed by atoms with Gasteiger partial charge in [0.25, 0.3) is 0 Å². The van der Waals surface area contributed by atoms with Crippen molar-refractivity contribution in [2.24, 2.45) is 0 Å². The van der Waals surface area contributed by atoms with Gasteiger partial charge in [0.15, 0.2) is 0 Å². The fraction of sp³-hybridized carbons (Fsp3) is 0.250. The van der Waals surface area contributed by atoms with Crippen molar-refractivity contribution in [1.29, 1.82) is 0 Å². The number of carboxylic acid groups (broad SMARTS) is 1. The van der Waals surface area contributed by atoms with E-state index in [2.05, 4.69) is 10.0 Å². The average molecular weight is 384 g/mol. The second-order valence-electron chi connectivity index (χ2n) is 5.37. The quantitative estimate of drug-likeness (QED) is 0.632. The van der Waals surface area contributed by atoms with Crippen LogP contribution >= 0.6 is 0 Å². The number of carboxylic acids is 1. The standard InChI is InChI=1S/C16H17FN2O6S/c1-10-14(16(21)22)8-12(25-10)9-18-15(20)6-7-19-26(23,24)13-4-2-11(17)3-5-13/h2-5,8,19H,6-7,9H2,1H3,(H,18,20)(H,21,22). The largest absolute Gasteiger partial charge is 0.478 e. The highest BCUT2D eigenvalue weighted by Crippen LogP contribution is 2.14. The first-order valence-electron chi connectivity index (χ1n) is 7.53. The van der Waals surface area contributed by atoms with Gasteiger partial charge in [-0.3, -0.25) is 4.79 Å². The number of carbonyl (C=O) groups is 2. The van der Waals surface area contributed by atoms with E-state index in [9.17, 15) is 22.4 Å². The first-order valence-corrected chi connectivity index (χ1v) is 9.02. The Hall–Kier alpha value is -2.72. The summed E-state index contributed by atoms with van der Waals surface area (Å²) in [6.07, 6.45) is -0.133. The van der Waals surface area contributed by atoms with Crippen LogP contribution in [-0.4, -0.2) is 31.9 Å². The summed E-state index contributed by atoms with van der Waals surface area (Å²) >= 11 is 0. The fourth-order valence-corrected chi connectivity index (χ4v) is 3.15. The van der Waals surface area contributed by atoms with Gasteiger partial charge in [0.05, 0.1) is 11.4 Å². The van der Waals surface area contributed by atoms with E-state index in [1.165, 1.54) is 13.0 Å². The van der Waals surface area contributed by atoms with Crippen LogP contribution in [0.4, 0.5) is 4.39 Å². The van der Waals surface area contributed by atoms with Crippen molar-refractivity contribution >= 4 is 21.9 Å². The number of amides is 1. The number of hydrogen-bond donors (Lipinski definition) is 3. The van der Waals surface area contributed by atoms with Gasteiger partial charge in [-0.25, -0.2) is 22.3 Å². The summed E-state index contributed by atoms with van der Waals surface area (Å²) < 4.78 is 44.2. The smallest absolute Gasteiger partial charge is 0.339 e. The minimum atomic E-state index is -3.83. The number of rotatable bonds is 8. The number of sulfonamides is 1. The molecule has 0 aliphatic rings. The molecule has 0 fully saturated rings. The van der Waals surface area contributed by atoms with Crippen LogP contribution in [0.2, 0.25) is 0 Å². The third-order valence-corrected chi connectivity index (χ3v) is 4.90. The molecule has 0 atom stereocenters. The summed E-state index contributed by atoms with van der Waals surface area (Å²) in [5.41, 5.74) is 0.0151. The number of nitrogens with one attached hydrogen (secondary N) is 2. The molecular formula is C16H17FN2O6S. The van der Waals surface area contributed by atoms with Gasteiger partial charge in [0, 0.05) is 13.0 Å². The zero-order valence-electron chi connectivity index (χ0n) is 13.8. The third kappa shape index (κ3) is 5.14. The van der Waals surface area contributed by atoms with Crippen LogP contribution in [0, 0.1) is 12.7 Å². The van der Waals surface area contributed by atoms with E-state index in [0.717, 1.165) is 24.3 Å². The molecule has 3 N–H and O–H groups in total. The Morgan fingerprint density at radius 3 is 2.46 bits per heavy atom. The predicted octanol–water partition coefficient (Wildman–Crippen LogP) is 1.41. The van der Waals surface area contributed by atoms with Gasteiger partial charge in [0.1, 0.15) is 22.9 Å². The van der Waals surface area contributed by atoms with Gasteiger partial charge in [-0.2, -0.15) is 0 Å². The Labute approximate surface area is 149 Å². The van der Waals surface area contributed by atoms with Gasteiger partial charge in [-0.1, -0.05) is 0 Å². The molecule has 140 valence electrons. The summed E-state index contributed by atoms with van der Waals surface area (Å²) in [5, 5.41) is 11.4. The number of carbonyl (C=O) groups excluding carboxylic acids is 1. The molecule has 26 heavy (non-hydrogen) atoms. The van der Waals surface area contributed by atoms with Gasteiger partial charge in [0.2, 0.25) is 15.9 Å². The van der Waals surface area contributed by atoms with E-state index in [-0.39, 0.29) is 41.5 Å². The lowest BCUT2D eigenvalue weighted by molar-refractivity contribution is -0.121. The van der Waals surface area contributed by atoms with Crippen LogP contribution in [0.3, 0.4) is 0 Å². The van der Waals surface area contributed by atoms with E-state index in [0.29, 0.717) is 0 Å². The topological polar surface area (TPSA) is 126 Å². The van der Waals surface area contributed by atoms with Crippen molar-refractivity contribution in [3.63, 3.8) is 0 Å². The Balaban J connectivity index is 1.81. The van der Waals surface area contributed by atoms with E-state index < -0.39 is 27.7 Å². The number of aryl methyl sites for hydroxylation is 1. The van der Waals surface area contributed by atoms with Gasteiger partial charge in [-0.15, -0.1) is 0 Å². The number of benzene rings is 1. The summed E-state index contributed by atoms with van der Waals surface area (Å²) in [4.78, 5) is 22.6. The maximum atomic E-state index is 12.8. The zero-order valence-corrected chi connectivity index (χ0v) is 14.6. The zero-order chi connectivity index (χ0) is 19.3. The molecule has 2 aromatic rings. The monoisotopic (exact) mass is 384 g/mol. The Morgan fingerprint density at radius 2 is 1.88 bits per heavy atom. The lowest BCUT2D eigenvalue weighted by Gasteiger charge is -2.07. The molecule has 2 rings (SSSR count). The molecule has 8 nitrogen and oxygen atoms in total. The van der Waals surface area contributed by atoms with Crippen molar-refractivity contribution in [1.82, 2.24) is 10.0 Å². The van der Waals surface area contributed by atoms with E-state index in [4.69, 9.17) is 9.52 Å². The van der Waals surface area contributed by atoms with Gasteiger partial charge >= 0.3 is 5.97 Å². The van der Waals surface area contributed by atoms with Crippen LogP contribution in [0.1, 0.15) is 28.3 Å². The SMILES string of the molecule is Cc1oc(CNC(=O)CCNS(=O)(=O)c2ccc(F)cc2)cc1C(=O)O. The second-order valence-corrected chi connectivity index (χ2v) is 7.13. The lowest BCUT2D eigenvalue weighted by Crippen LogP contribution is -2.30. The van der Waals surface area contributed by atoms with Gasteiger partial charge in [-0.05, 0) is 37.3 Å². The molecule has 0 spiro atoms. The molecule has 0 bridgehead atoms. The highest BCUT2D eigenvalue weighted by atomic mass is 32.2. The molecule has 10 heteroatoms. The molecule has 0 saturated carbocycles. The van der Waals surface area contributed by atoms with Crippen molar-refractivity contribution in [2.45, 2.75) is 24.8 Å². The maximum Gasteiger partial charge on any atom is 0.339 e. The summed E-state index contributed by atoms with van der Waals surface area (Å²) in [6, 6.07) is 5.61. The van der Waals surface area contributed by atoms with Crippen LogP contribution in [0.25, 0.3) is 0 Å². The van der Waals surface area contributed by atoms with Crippen LogP contribution < -0.4 is 10.0 Å². The first-order chi connectivity index (χ1) is 12.2. The van der Waals surface area contributed by atoms with E-state index in [1.54, 1.807) is 0 Å². The summed E-state index contributed by atoms with van der Waals surface area (Å²) in [7, 11) is -3.83. The molecule has 0 radical (unpaired) electrons. The van der Waals surface area contributed by atoms with Crippen molar-refractivity contribution in [2.75, 3.05) is 6.54 Å². The van der Waals surface area contributed by atoms with Crippen molar-refractivity contribution in [3.05, 3.63) is 53.2 Å². The van der Waals surface area contributed by atoms with Gasteiger partial charge < -0.3 is 14.8 Å². The van der Waals surface area contributed by atoms with Crippen molar-refractivity contribution in [3.8, 4) is 0 Å². The highest BCUT2D eigenvalue weighted by Gasteiger charge is 2.16. The fourth-order valence-electron chi connectivity index (χ4n) is 2.11. The molecule has 0 unspecified atom stereocenters. The number of hydrogen-bond acceptors (Lipinski definition) is 5.